The van der Waals surface area contributed by atoms with Crippen LogP contribution in [0.2, 0.25) is 0 Å². The van der Waals surface area contributed by atoms with E-state index in [0.717, 1.165) is 12.2 Å². The summed E-state index contributed by atoms with van der Waals surface area (Å²) in [7, 11) is 1.19. The number of amides is 1. The summed E-state index contributed by atoms with van der Waals surface area (Å²) in [6.07, 6.45) is 1.20. The summed E-state index contributed by atoms with van der Waals surface area (Å²) < 4.78 is 9.06. The van der Waals surface area contributed by atoms with Crippen molar-refractivity contribution in [1.29, 1.82) is 0 Å². The second-order valence-electron chi connectivity index (χ2n) is 3.08. The van der Waals surface area contributed by atoms with Crippen LogP contribution in [0.3, 0.4) is 0 Å². The fraction of sp³-hybridized carbons (Fsp3) is 0.300. The lowest BCUT2D eigenvalue weighted by Gasteiger charge is -2.05. The quantitative estimate of drug-likeness (QED) is 0.525. The van der Waals surface area contributed by atoms with Crippen LogP contribution in [0.15, 0.2) is 24.4 Å². The van der Waals surface area contributed by atoms with Gasteiger partial charge in [-0.2, -0.15) is 0 Å². The molecule has 0 aromatic carbocycles. The molecule has 1 rings (SSSR count). The minimum absolute atomic E-state index is 0.247. The van der Waals surface area contributed by atoms with Crippen molar-refractivity contribution in [3.63, 3.8) is 0 Å². The Balaban J connectivity index is 2.46. The number of ether oxygens (including phenoxy) is 2. The van der Waals surface area contributed by atoms with E-state index in [2.05, 4.69) is 16.6 Å². The Labute approximate surface area is 91.9 Å². The van der Waals surface area contributed by atoms with Crippen molar-refractivity contribution in [3.05, 3.63) is 24.4 Å². The van der Waals surface area contributed by atoms with Gasteiger partial charge in [-0.05, 0) is 0 Å². The molecule has 86 valence electrons. The van der Waals surface area contributed by atoms with Crippen LogP contribution >= 0.6 is 0 Å². The highest BCUT2D eigenvalue weighted by Crippen LogP contribution is 2.13. The zero-order chi connectivity index (χ0) is 12.1. The zero-order valence-corrected chi connectivity index (χ0v) is 8.69. The van der Waals surface area contributed by atoms with Gasteiger partial charge in [0, 0.05) is 24.3 Å². The van der Waals surface area contributed by atoms with Crippen molar-refractivity contribution < 1.29 is 23.9 Å². The van der Waals surface area contributed by atoms with Gasteiger partial charge in [0.15, 0.2) is 6.10 Å². The van der Waals surface area contributed by atoms with Crippen molar-refractivity contribution in [1.82, 2.24) is 5.32 Å². The number of carbonyl (C=O) groups excluding carboxylic acids is 3. The number of carbonyl (C=O) groups is 3. The van der Waals surface area contributed by atoms with Gasteiger partial charge in [0.05, 0.1) is 7.11 Å². The maximum atomic E-state index is 11.1. The van der Waals surface area contributed by atoms with Gasteiger partial charge in [0.25, 0.3) is 5.91 Å². The van der Waals surface area contributed by atoms with Gasteiger partial charge >= 0.3 is 11.9 Å². The largest absolute Gasteiger partial charge is 0.466 e. The molecule has 1 atom stereocenters. The first-order chi connectivity index (χ1) is 7.52. The van der Waals surface area contributed by atoms with E-state index >= 15 is 0 Å². The van der Waals surface area contributed by atoms with Gasteiger partial charge in [-0.3, -0.25) is 4.79 Å². The highest BCUT2D eigenvalue weighted by atomic mass is 16.5. The second kappa shape index (κ2) is 5.11. The molecule has 6 nitrogen and oxygen atoms in total. The van der Waals surface area contributed by atoms with Crippen LogP contribution in [0.4, 0.5) is 0 Å². The SMILES string of the molecule is C=C1CC(OC(=O)/C=C/C(=O)OC)C(=O)N1. The third-order valence-electron chi connectivity index (χ3n) is 1.84. The smallest absolute Gasteiger partial charge is 0.331 e. The van der Waals surface area contributed by atoms with Gasteiger partial charge in [-0.25, -0.2) is 9.59 Å². The number of esters is 2. The van der Waals surface area contributed by atoms with Gasteiger partial charge in [0.2, 0.25) is 0 Å². The van der Waals surface area contributed by atoms with E-state index < -0.39 is 23.9 Å². The predicted octanol–water partition coefficient (Wildman–Crippen LogP) is -0.339. The summed E-state index contributed by atoms with van der Waals surface area (Å²) >= 11 is 0. The molecule has 0 saturated carbocycles. The van der Waals surface area contributed by atoms with Crippen LogP contribution in [0.1, 0.15) is 6.42 Å². The van der Waals surface area contributed by atoms with Crippen LogP contribution < -0.4 is 5.32 Å². The van der Waals surface area contributed by atoms with Gasteiger partial charge in [-0.15, -0.1) is 0 Å². The molecule has 1 N–H and O–H groups in total. The molecule has 1 aliphatic rings. The van der Waals surface area contributed by atoms with E-state index in [1.165, 1.54) is 7.11 Å². The standard InChI is InChI=1S/C10H11NO5/c1-6-5-7(10(14)11-6)16-9(13)4-3-8(12)15-2/h3-4,7H,1,5H2,2H3,(H,11,14)/b4-3+. The Bertz CT molecular complexity index is 371. The van der Waals surface area contributed by atoms with Gasteiger partial charge in [-0.1, -0.05) is 6.58 Å². The number of methoxy groups -OCH3 is 1. The van der Waals surface area contributed by atoms with E-state index in [4.69, 9.17) is 4.74 Å². The van der Waals surface area contributed by atoms with Crippen LogP contribution in [-0.2, 0) is 23.9 Å². The molecule has 1 unspecified atom stereocenters. The minimum atomic E-state index is -0.873. The van der Waals surface area contributed by atoms with Crippen LogP contribution in [-0.4, -0.2) is 31.1 Å². The molecule has 6 heteroatoms. The zero-order valence-electron chi connectivity index (χ0n) is 8.69. The van der Waals surface area contributed by atoms with E-state index in [1.807, 2.05) is 0 Å². The molecular weight excluding hydrogens is 214 g/mol. The molecule has 1 saturated heterocycles. The van der Waals surface area contributed by atoms with Crippen molar-refractivity contribution in [2.75, 3.05) is 7.11 Å². The predicted molar refractivity (Wildman–Crippen MR) is 52.9 cm³/mol. The third kappa shape index (κ3) is 3.23. The van der Waals surface area contributed by atoms with Crippen LogP contribution in [0.25, 0.3) is 0 Å². The first-order valence-electron chi connectivity index (χ1n) is 4.48. The van der Waals surface area contributed by atoms with Crippen molar-refractivity contribution in [2.45, 2.75) is 12.5 Å². The molecule has 0 spiro atoms. The third-order valence-corrected chi connectivity index (χ3v) is 1.84. The summed E-state index contributed by atoms with van der Waals surface area (Å²) in [5, 5.41) is 2.42. The van der Waals surface area contributed by atoms with Gasteiger partial charge < -0.3 is 14.8 Å². The summed E-state index contributed by atoms with van der Waals surface area (Å²) in [5.41, 5.74) is 0.500. The normalized spacial score (nSPS) is 19.7. The molecule has 0 bridgehead atoms. The molecule has 0 aromatic rings. The summed E-state index contributed by atoms with van der Waals surface area (Å²) in [4.78, 5) is 33.0. The molecule has 16 heavy (non-hydrogen) atoms. The number of nitrogens with one attached hydrogen (secondary N) is 1. The molecule has 1 amide bonds. The molecular formula is C10H11NO5. The van der Waals surface area contributed by atoms with E-state index in [0.29, 0.717) is 5.70 Å². The lowest BCUT2D eigenvalue weighted by Crippen LogP contribution is -2.26. The van der Waals surface area contributed by atoms with Crippen molar-refractivity contribution in [2.24, 2.45) is 0 Å². The van der Waals surface area contributed by atoms with Gasteiger partial charge in [0.1, 0.15) is 0 Å². The van der Waals surface area contributed by atoms with Crippen LogP contribution in [0.5, 0.6) is 0 Å². The highest BCUT2D eigenvalue weighted by molar-refractivity contribution is 5.94. The molecule has 0 radical (unpaired) electrons. The van der Waals surface area contributed by atoms with E-state index in [9.17, 15) is 14.4 Å². The Morgan fingerprint density at radius 1 is 1.44 bits per heavy atom. The Kier molecular flexibility index (Phi) is 3.82. The minimum Gasteiger partial charge on any atom is -0.466 e. The summed E-state index contributed by atoms with van der Waals surface area (Å²) in [6.45, 7) is 3.53. The first kappa shape index (κ1) is 12.0. The monoisotopic (exact) mass is 225 g/mol. The van der Waals surface area contributed by atoms with E-state index in [1.54, 1.807) is 0 Å². The average molecular weight is 225 g/mol. The van der Waals surface area contributed by atoms with Crippen molar-refractivity contribution in [3.8, 4) is 0 Å². The van der Waals surface area contributed by atoms with Crippen LogP contribution in [0, 0.1) is 0 Å². The second-order valence-corrected chi connectivity index (χ2v) is 3.08. The number of rotatable bonds is 3. The Morgan fingerprint density at radius 3 is 2.56 bits per heavy atom. The topological polar surface area (TPSA) is 81.7 Å². The molecule has 0 aliphatic carbocycles. The molecule has 1 fully saturated rings. The number of hydrogen-bond donors (Lipinski definition) is 1. The lowest BCUT2D eigenvalue weighted by molar-refractivity contribution is -0.149. The molecule has 1 aliphatic heterocycles. The molecule has 0 aromatic heterocycles. The fourth-order valence-corrected chi connectivity index (χ4v) is 1.10. The number of hydrogen-bond acceptors (Lipinski definition) is 5. The average Bonchev–Trinajstić information content (AvgIpc) is 2.54. The Morgan fingerprint density at radius 2 is 2.06 bits per heavy atom. The van der Waals surface area contributed by atoms with Crippen molar-refractivity contribution >= 4 is 17.8 Å². The first-order valence-corrected chi connectivity index (χ1v) is 4.48. The van der Waals surface area contributed by atoms with E-state index in [-0.39, 0.29) is 6.42 Å². The molecule has 1 heterocycles. The Hall–Kier alpha value is -2.11. The summed E-state index contributed by atoms with van der Waals surface area (Å²) in [6, 6.07) is 0. The maximum absolute atomic E-state index is 11.1. The maximum Gasteiger partial charge on any atom is 0.331 e. The highest BCUT2D eigenvalue weighted by Gasteiger charge is 2.29. The lowest BCUT2D eigenvalue weighted by atomic mass is 10.3. The fourth-order valence-electron chi connectivity index (χ4n) is 1.10. The summed E-state index contributed by atoms with van der Waals surface area (Å²) in [5.74, 6) is -1.86.